The minimum Gasteiger partial charge on any atom is -0.468 e. The first-order valence-corrected chi connectivity index (χ1v) is 8.35. The Hall–Kier alpha value is -1.61. The van der Waals surface area contributed by atoms with Crippen molar-refractivity contribution < 1.29 is 31.1 Å². The molecule has 0 spiro atoms. The second-order valence-electron chi connectivity index (χ2n) is 5.73. The molecule has 1 saturated carbocycles. The predicted molar refractivity (Wildman–Crippen MR) is 72.6 cm³/mol. The maximum atomic E-state index is 13.6. The third-order valence-corrected chi connectivity index (χ3v) is 6.38. The minimum absolute atomic E-state index is 0.252. The number of methoxy groups -OCH3 is 1. The zero-order chi connectivity index (χ0) is 17.0. The molecule has 0 radical (unpaired) electrons. The lowest BCUT2D eigenvalue weighted by atomic mass is 9.69. The summed E-state index contributed by atoms with van der Waals surface area (Å²) in [5, 5.41) is 0. The highest BCUT2D eigenvalue weighted by atomic mass is 32.2. The van der Waals surface area contributed by atoms with Gasteiger partial charge in [-0.3, -0.25) is 4.79 Å². The van der Waals surface area contributed by atoms with Crippen LogP contribution in [0, 0.1) is 17.7 Å². The number of carbonyl (C=O) groups excluding carboxylic acids is 1. The molecule has 126 valence electrons. The third-order valence-electron chi connectivity index (χ3n) is 4.52. The molecule has 9 heteroatoms. The molecule has 2 aliphatic rings. The van der Waals surface area contributed by atoms with Crippen molar-refractivity contribution in [2.45, 2.75) is 23.3 Å². The van der Waals surface area contributed by atoms with Gasteiger partial charge in [0.1, 0.15) is 11.9 Å². The quantitative estimate of drug-likeness (QED) is 0.779. The fourth-order valence-electron chi connectivity index (χ4n) is 3.28. The van der Waals surface area contributed by atoms with Gasteiger partial charge in [-0.05, 0) is 24.3 Å². The Kier molecular flexibility index (Phi) is 3.68. The zero-order valence-corrected chi connectivity index (χ0v) is 12.9. The SMILES string of the molecule is COC(=O)[C@@H]1[C@H]2CC(F)(F)[C@H]2CN1S(=O)(=O)c1ccc(F)cc1. The molecule has 3 atom stereocenters. The van der Waals surface area contributed by atoms with Crippen molar-refractivity contribution >= 4 is 16.0 Å². The summed E-state index contributed by atoms with van der Waals surface area (Å²) < 4.78 is 70.9. The largest absolute Gasteiger partial charge is 0.468 e. The Morgan fingerprint density at radius 1 is 1.30 bits per heavy atom. The van der Waals surface area contributed by atoms with Crippen molar-refractivity contribution in [2.24, 2.45) is 11.8 Å². The number of nitrogens with zero attached hydrogens (tertiary/aromatic N) is 1. The summed E-state index contributed by atoms with van der Waals surface area (Å²) in [4.78, 5) is 11.7. The number of sulfonamides is 1. The number of hydrogen-bond donors (Lipinski definition) is 0. The van der Waals surface area contributed by atoms with Crippen molar-refractivity contribution in [2.75, 3.05) is 13.7 Å². The van der Waals surface area contributed by atoms with Gasteiger partial charge < -0.3 is 4.74 Å². The van der Waals surface area contributed by atoms with E-state index in [0.29, 0.717) is 0 Å². The first-order chi connectivity index (χ1) is 10.7. The van der Waals surface area contributed by atoms with Crippen LogP contribution in [0.3, 0.4) is 0 Å². The van der Waals surface area contributed by atoms with Crippen LogP contribution in [0.25, 0.3) is 0 Å². The van der Waals surface area contributed by atoms with Crippen molar-refractivity contribution in [3.05, 3.63) is 30.1 Å². The molecule has 1 aliphatic carbocycles. The normalized spacial score (nSPS) is 29.7. The second-order valence-corrected chi connectivity index (χ2v) is 7.62. The molecule has 23 heavy (non-hydrogen) atoms. The van der Waals surface area contributed by atoms with Crippen LogP contribution in [0.4, 0.5) is 13.2 Å². The Morgan fingerprint density at radius 2 is 1.91 bits per heavy atom. The molecule has 1 aliphatic heterocycles. The molecule has 1 saturated heterocycles. The third kappa shape index (κ3) is 2.42. The average Bonchev–Trinajstić information content (AvgIpc) is 2.82. The van der Waals surface area contributed by atoms with Gasteiger partial charge in [0.2, 0.25) is 10.0 Å². The maximum Gasteiger partial charge on any atom is 0.324 e. The highest BCUT2D eigenvalue weighted by molar-refractivity contribution is 7.89. The van der Waals surface area contributed by atoms with E-state index in [1.165, 1.54) is 0 Å². The molecular formula is C14H14F3NO4S. The summed E-state index contributed by atoms with van der Waals surface area (Å²) in [6, 6.07) is 2.72. The molecule has 0 amide bonds. The smallest absolute Gasteiger partial charge is 0.324 e. The van der Waals surface area contributed by atoms with Crippen LogP contribution < -0.4 is 0 Å². The summed E-state index contributed by atoms with van der Waals surface area (Å²) in [7, 11) is -3.12. The van der Waals surface area contributed by atoms with Gasteiger partial charge in [0.25, 0.3) is 5.92 Å². The maximum absolute atomic E-state index is 13.6. The highest BCUT2D eigenvalue weighted by Crippen LogP contribution is 2.56. The number of carbonyl (C=O) groups is 1. The number of alkyl halides is 2. The fourth-order valence-corrected chi connectivity index (χ4v) is 4.93. The summed E-state index contributed by atoms with van der Waals surface area (Å²) in [5.74, 6) is -6.46. The number of halogens is 3. The van der Waals surface area contributed by atoms with E-state index in [4.69, 9.17) is 0 Å². The number of benzene rings is 1. The Bertz CT molecular complexity index is 735. The van der Waals surface area contributed by atoms with Gasteiger partial charge in [0.15, 0.2) is 0 Å². The minimum atomic E-state index is -4.20. The molecule has 5 nitrogen and oxygen atoms in total. The van der Waals surface area contributed by atoms with Gasteiger partial charge in [-0.1, -0.05) is 0 Å². The standard InChI is InChI=1S/C14H14F3NO4S/c1-22-13(19)12-10-6-14(16,17)11(10)7-18(12)23(20,21)9-4-2-8(15)3-5-9/h2-5,10-12H,6-7H2,1H3/t10-,11-,12-/m0/s1. The van der Waals surface area contributed by atoms with E-state index in [-0.39, 0.29) is 4.90 Å². The predicted octanol–water partition coefficient (Wildman–Crippen LogP) is 1.64. The summed E-state index contributed by atoms with van der Waals surface area (Å²) in [6.45, 7) is -0.461. The Labute approximate surface area is 131 Å². The van der Waals surface area contributed by atoms with Crippen LogP contribution >= 0.6 is 0 Å². The van der Waals surface area contributed by atoms with Gasteiger partial charge in [-0.25, -0.2) is 21.6 Å². The average molecular weight is 349 g/mol. The van der Waals surface area contributed by atoms with Gasteiger partial charge >= 0.3 is 5.97 Å². The lowest BCUT2D eigenvalue weighted by Gasteiger charge is -2.40. The van der Waals surface area contributed by atoms with E-state index in [1.807, 2.05) is 0 Å². The molecule has 0 N–H and O–H groups in total. The van der Waals surface area contributed by atoms with Gasteiger partial charge in [0, 0.05) is 24.8 Å². The lowest BCUT2D eigenvalue weighted by molar-refractivity contribution is -0.168. The van der Waals surface area contributed by atoms with Crippen LogP contribution in [-0.4, -0.2) is 44.3 Å². The molecule has 0 unspecified atom stereocenters. The van der Waals surface area contributed by atoms with E-state index in [0.717, 1.165) is 35.7 Å². The summed E-state index contributed by atoms with van der Waals surface area (Å²) >= 11 is 0. The number of rotatable bonds is 3. The molecule has 1 heterocycles. The van der Waals surface area contributed by atoms with Gasteiger partial charge in [0.05, 0.1) is 12.0 Å². The molecule has 2 fully saturated rings. The first-order valence-electron chi connectivity index (χ1n) is 6.91. The van der Waals surface area contributed by atoms with Crippen molar-refractivity contribution in [1.29, 1.82) is 0 Å². The summed E-state index contributed by atoms with van der Waals surface area (Å²) in [6.07, 6.45) is -0.549. The van der Waals surface area contributed by atoms with E-state index >= 15 is 0 Å². The molecule has 1 aromatic carbocycles. The number of ether oxygens (including phenoxy) is 1. The number of hydrogen-bond acceptors (Lipinski definition) is 4. The van der Waals surface area contributed by atoms with E-state index in [1.54, 1.807) is 0 Å². The van der Waals surface area contributed by atoms with E-state index in [9.17, 15) is 26.4 Å². The van der Waals surface area contributed by atoms with Gasteiger partial charge in [-0.15, -0.1) is 0 Å². The van der Waals surface area contributed by atoms with Crippen molar-refractivity contribution in [3.8, 4) is 0 Å². The monoisotopic (exact) mass is 349 g/mol. The number of esters is 1. The highest BCUT2D eigenvalue weighted by Gasteiger charge is 2.67. The zero-order valence-electron chi connectivity index (χ0n) is 12.1. The molecule has 0 bridgehead atoms. The first kappa shape index (κ1) is 16.3. The number of fused-ring (bicyclic) bond motifs is 1. The van der Waals surface area contributed by atoms with E-state index in [2.05, 4.69) is 4.74 Å². The Morgan fingerprint density at radius 3 is 2.43 bits per heavy atom. The lowest BCUT2D eigenvalue weighted by Crippen LogP contribution is -2.51. The fraction of sp³-hybridized carbons (Fsp3) is 0.500. The summed E-state index contributed by atoms with van der Waals surface area (Å²) in [5.41, 5.74) is 0. The molecular weight excluding hydrogens is 335 g/mol. The van der Waals surface area contributed by atoms with Gasteiger partial charge in [-0.2, -0.15) is 4.31 Å². The van der Waals surface area contributed by atoms with Crippen LogP contribution in [0.5, 0.6) is 0 Å². The van der Waals surface area contributed by atoms with Crippen LogP contribution in [-0.2, 0) is 19.6 Å². The van der Waals surface area contributed by atoms with E-state index < -0.39 is 58.6 Å². The van der Waals surface area contributed by atoms with Crippen LogP contribution in [0.1, 0.15) is 6.42 Å². The van der Waals surface area contributed by atoms with Crippen molar-refractivity contribution in [3.63, 3.8) is 0 Å². The van der Waals surface area contributed by atoms with Crippen LogP contribution in [0.2, 0.25) is 0 Å². The second kappa shape index (κ2) is 5.20. The Balaban J connectivity index is 1.99. The molecule has 3 rings (SSSR count). The molecule has 0 aromatic heterocycles. The van der Waals surface area contributed by atoms with Crippen molar-refractivity contribution in [1.82, 2.24) is 4.31 Å². The van der Waals surface area contributed by atoms with Crippen LogP contribution in [0.15, 0.2) is 29.2 Å². The topological polar surface area (TPSA) is 63.7 Å². The molecule has 1 aromatic rings.